The molecule has 2 rings (SSSR count). The van der Waals surface area contributed by atoms with Crippen molar-refractivity contribution >= 4 is 20.7 Å². The summed E-state index contributed by atoms with van der Waals surface area (Å²) in [7, 11) is -1.82. The third-order valence-corrected chi connectivity index (χ3v) is 8.13. The normalized spacial score (nSPS) is 12.6. The van der Waals surface area contributed by atoms with Crippen molar-refractivity contribution in [3.8, 4) is 11.1 Å². The van der Waals surface area contributed by atoms with Crippen LogP contribution < -0.4 is 0 Å². The lowest BCUT2D eigenvalue weighted by atomic mass is 9.91. The number of hydrogen-bond acceptors (Lipinski definition) is 3. The molecule has 0 aliphatic rings. The van der Waals surface area contributed by atoms with Crippen LogP contribution in [0.5, 0.6) is 0 Å². The van der Waals surface area contributed by atoms with Gasteiger partial charge in [0.2, 0.25) is 0 Å². The summed E-state index contributed by atoms with van der Waals surface area (Å²) in [6.45, 7) is 15.3. The van der Waals surface area contributed by atoms with E-state index in [1.54, 1.807) is 12.1 Å². The summed E-state index contributed by atoms with van der Waals surface area (Å²) in [6, 6.07) is 9.66. The SMILES string of the molecule is CCCC[Si](C)(C)OCC(C=O)=Cc1c(-c2ccc(F)cc2)cc(C(C)C)nc1C(C)C. The largest absolute Gasteiger partial charge is 0.413 e. The topological polar surface area (TPSA) is 39.2 Å². The molecule has 0 aliphatic heterocycles. The van der Waals surface area contributed by atoms with E-state index in [9.17, 15) is 9.18 Å². The standard InChI is InChI=1S/C27H38FNO2Si/c1-8-9-14-32(6,7)31-18-21(17-30)15-25-24(22-10-12-23(28)13-11-22)16-26(19(2)3)29-27(25)20(4)5/h10-13,15-17,19-20H,8-9,14,18H2,1-7H3. The van der Waals surface area contributed by atoms with Gasteiger partial charge in [0.1, 0.15) is 12.1 Å². The first-order valence-corrected chi connectivity index (χ1v) is 14.8. The molecule has 3 nitrogen and oxygen atoms in total. The van der Waals surface area contributed by atoms with Gasteiger partial charge in [-0.3, -0.25) is 9.78 Å². The lowest BCUT2D eigenvalue weighted by Gasteiger charge is -2.23. The van der Waals surface area contributed by atoms with E-state index in [1.807, 2.05) is 6.08 Å². The first-order chi connectivity index (χ1) is 15.1. The zero-order valence-corrected chi connectivity index (χ0v) is 21.7. The maximum Gasteiger partial charge on any atom is 0.187 e. The van der Waals surface area contributed by atoms with Gasteiger partial charge in [0.25, 0.3) is 0 Å². The van der Waals surface area contributed by atoms with Gasteiger partial charge < -0.3 is 4.43 Å². The van der Waals surface area contributed by atoms with Crippen molar-refractivity contribution in [2.45, 2.75) is 78.4 Å². The average Bonchev–Trinajstić information content (AvgIpc) is 2.75. The lowest BCUT2D eigenvalue weighted by molar-refractivity contribution is -0.105. The van der Waals surface area contributed by atoms with E-state index >= 15 is 0 Å². The van der Waals surface area contributed by atoms with Crippen molar-refractivity contribution in [3.05, 3.63) is 58.7 Å². The highest BCUT2D eigenvalue weighted by Crippen LogP contribution is 2.34. The summed E-state index contributed by atoms with van der Waals surface area (Å²) in [4.78, 5) is 16.9. The summed E-state index contributed by atoms with van der Waals surface area (Å²) in [5.41, 5.74) is 5.32. The number of hydrogen-bond donors (Lipinski definition) is 0. The Balaban J connectivity index is 2.57. The predicted molar refractivity (Wildman–Crippen MR) is 135 cm³/mol. The minimum absolute atomic E-state index is 0.170. The van der Waals surface area contributed by atoms with E-state index < -0.39 is 8.32 Å². The molecule has 0 saturated carbocycles. The van der Waals surface area contributed by atoms with Gasteiger partial charge >= 0.3 is 0 Å². The van der Waals surface area contributed by atoms with Crippen LogP contribution in [0.4, 0.5) is 4.39 Å². The molecule has 0 saturated heterocycles. The van der Waals surface area contributed by atoms with Crippen molar-refractivity contribution in [3.63, 3.8) is 0 Å². The molecule has 0 amide bonds. The Hall–Kier alpha value is -2.11. The smallest absolute Gasteiger partial charge is 0.187 e. The van der Waals surface area contributed by atoms with Crippen LogP contribution in [0.1, 0.15) is 76.2 Å². The number of carbonyl (C=O) groups excluding carboxylic acids is 1. The molecule has 1 heterocycles. The molecule has 0 radical (unpaired) electrons. The highest BCUT2D eigenvalue weighted by Gasteiger charge is 2.23. The van der Waals surface area contributed by atoms with Crippen LogP contribution in [0.2, 0.25) is 19.1 Å². The minimum atomic E-state index is -1.82. The van der Waals surface area contributed by atoms with Crippen LogP contribution >= 0.6 is 0 Å². The van der Waals surface area contributed by atoms with E-state index in [-0.39, 0.29) is 17.7 Å². The molecular formula is C27H38FNO2Si. The molecule has 0 spiro atoms. The lowest BCUT2D eigenvalue weighted by Crippen LogP contribution is -2.31. The van der Waals surface area contributed by atoms with Crippen LogP contribution in [0, 0.1) is 5.82 Å². The molecule has 174 valence electrons. The predicted octanol–water partition coefficient (Wildman–Crippen LogP) is 7.74. The Kier molecular flexibility index (Phi) is 9.53. The molecule has 1 aromatic heterocycles. The maximum atomic E-state index is 13.6. The van der Waals surface area contributed by atoms with Gasteiger partial charge in [0.05, 0.1) is 12.3 Å². The number of halogens is 1. The molecular weight excluding hydrogens is 417 g/mol. The first kappa shape index (κ1) is 26.1. The fourth-order valence-corrected chi connectivity index (χ4v) is 5.51. The molecule has 2 aromatic rings. The molecule has 32 heavy (non-hydrogen) atoms. The van der Waals surface area contributed by atoms with E-state index in [4.69, 9.17) is 9.41 Å². The number of aldehydes is 1. The van der Waals surface area contributed by atoms with Crippen molar-refractivity contribution in [1.82, 2.24) is 4.98 Å². The minimum Gasteiger partial charge on any atom is -0.413 e. The number of rotatable bonds is 11. The summed E-state index contributed by atoms with van der Waals surface area (Å²) in [5.74, 6) is 0.154. The quantitative estimate of drug-likeness (QED) is 0.198. The third-order valence-electron chi connectivity index (χ3n) is 5.64. The van der Waals surface area contributed by atoms with Crippen LogP contribution in [0.25, 0.3) is 17.2 Å². The molecule has 0 N–H and O–H groups in total. The van der Waals surface area contributed by atoms with Gasteiger partial charge in [-0.2, -0.15) is 0 Å². The van der Waals surface area contributed by atoms with Crippen molar-refractivity contribution in [2.75, 3.05) is 6.61 Å². The highest BCUT2D eigenvalue weighted by atomic mass is 28.4. The van der Waals surface area contributed by atoms with Crippen molar-refractivity contribution in [1.29, 1.82) is 0 Å². The summed E-state index contributed by atoms with van der Waals surface area (Å²) in [6.07, 6.45) is 5.09. The van der Waals surface area contributed by atoms with E-state index in [0.29, 0.717) is 12.2 Å². The van der Waals surface area contributed by atoms with Crippen molar-refractivity contribution < 1.29 is 13.6 Å². The maximum absolute atomic E-state index is 13.6. The number of pyridine rings is 1. The van der Waals surface area contributed by atoms with Gasteiger partial charge in [-0.05, 0) is 66.4 Å². The summed E-state index contributed by atoms with van der Waals surface area (Å²) in [5, 5.41) is 0. The Labute approximate surface area is 194 Å². The molecule has 1 aromatic carbocycles. The fourth-order valence-electron chi connectivity index (χ4n) is 3.60. The second-order valence-corrected chi connectivity index (χ2v) is 14.0. The second kappa shape index (κ2) is 11.7. The van der Waals surface area contributed by atoms with Crippen LogP contribution in [0.15, 0.2) is 35.9 Å². The fraction of sp³-hybridized carbons (Fsp3) is 0.481. The van der Waals surface area contributed by atoms with Gasteiger partial charge in [-0.15, -0.1) is 0 Å². The zero-order valence-electron chi connectivity index (χ0n) is 20.7. The second-order valence-electron chi connectivity index (χ2n) is 9.70. The Morgan fingerprint density at radius 1 is 1.12 bits per heavy atom. The number of benzene rings is 1. The average molecular weight is 456 g/mol. The summed E-state index contributed by atoms with van der Waals surface area (Å²) >= 11 is 0. The van der Waals surface area contributed by atoms with Gasteiger partial charge in [-0.1, -0.05) is 59.6 Å². The Morgan fingerprint density at radius 3 is 2.31 bits per heavy atom. The van der Waals surface area contributed by atoms with Gasteiger partial charge in [-0.25, -0.2) is 4.39 Å². The zero-order chi connectivity index (χ0) is 23.9. The number of unbranched alkanes of at least 4 members (excludes halogenated alkanes) is 1. The van der Waals surface area contributed by atoms with Crippen LogP contribution in [0.3, 0.4) is 0 Å². The van der Waals surface area contributed by atoms with E-state index in [1.165, 1.54) is 12.1 Å². The molecule has 0 atom stereocenters. The highest BCUT2D eigenvalue weighted by molar-refractivity contribution is 6.71. The summed E-state index contributed by atoms with van der Waals surface area (Å²) < 4.78 is 19.8. The monoisotopic (exact) mass is 455 g/mol. The van der Waals surface area contributed by atoms with E-state index in [2.05, 4.69) is 53.8 Å². The van der Waals surface area contributed by atoms with Crippen LogP contribution in [-0.2, 0) is 9.22 Å². The molecule has 0 bridgehead atoms. The Morgan fingerprint density at radius 2 is 1.78 bits per heavy atom. The molecule has 5 heteroatoms. The first-order valence-electron chi connectivity index (χ1n) is 11.7. The molecule has 0 aliphatic carbocycles. The van der Waals surface area contributed by atoms with E-state index in [0.717, 1.165) is 53.3 Å². The van der Waals surface area contributed by atoms with Crippen LogP contribution in [-0.4, -0.2) is 26.2 Å². The third kappa shape index (κ3) is 7.21. The van der Waals surface area contributed by atoms with Gasteiger partial charge in [0, 0.05) is 16.8 Å². The van der Waals surface area contributed by atoms with Gasteiger partial charge in [0.15, 0.2) is 8.32 Å². The molecule has 0 unspecified atom stereocenters. The Bertz CT molecular complexity index is 933. The molecule has 0 fully saturated rings. The number of nitrogens with zero attached hydrogens (tertiary/aromatic N) is 1. The number of aromatic nitrogens is 1. The van der Waals surface area contributed by atoms with Crippen molar-refractivity contribution in [2.24, 2.45) is 0 Å². The number of carbonyl (C=O) groups is 1.